The fraction of sp³-hybridized carbons (Fsp3) is 0.667. The molecule has 2 heterocycles. The Bertz CT molecular complexity index is 634. The van der Waals surface area contributed by atoms with E-state index < -0.39 is 37.0 Å². The van der Waals surface area contributed by atoms with Crippen molar-refractivity contribution in [3.05, 3.63) is 48.6 Å². The van der Waals surface area contributed by atoms with Crippen LogP contribution in [0.1, 0.15) is 57.8 Å². The van der Waals surface area contributed by atoms with Crippen molar-refractivity contribution in [3.63, 3.8) is 0 Å². The molecule has 0 unspecified atom stereocenters. The molecule has 2 aliphatic heterocycles. The molecule has 0 bridgehead atoms. The summed E-state index contributed by atoms with van der Waals surface area (Å²) in [5.41, 5.74) is 0.868. The predicted octanol–water partition coefficient (Wildman–Crippen LogP) is 3.73. The molecule has 1 aromatic carbocycles. The van der Waals surface area contributed by atoms with Crippen LogP contribution in [0.3, 0.4) is 0 Å². The number of unbranched alkanes of at least 4 members (excludes halogenated alkanes) is 3. The average molecular weight is 421 g/mol. The van der Waals surface area contributed by atoms with Crippen molar-refractivity contribution in [3.8, 4) is 0 Å². The van der Waals surface area contributed by atoms with Gasteiger partial charge in [-0.1, -0.05) is 63.1 Å². The van der Waals surface area contributed by atoms with Crippen molar-refractivity contribution in [2.45, 2.75) is 89.1 Å². The number of fused-ring (bicyclic) bond motifs is 1. The maximum absolute atomic E-state index is 10.7. The number of hydrogen-bond donors (Lipinski definition) is 2. The van der Waals surface area contributed by atoms with Gasteiger partial charge in [0.2, 0.25) is 0 Å². The van der Waals surface area contributed by atoms with Gasteiger partial charge in [0.05, 0.1) is 12.7 Å². The van der Waals surface area contributed by atoms with Gasteiger partial charge in [-0.3, -0.25) is 0 Å². The Balaban J connectivity index is 1.56. The zero-order valence-corrected chi connectivity index (χ0v) is 18.1. The lowest BCUT2D eigenvalue weighted by molar-refractivity contribution is -0.367. The van der Waals surface area contributed by atoms with Gasteiger partial charge in [-0.25, -0.2) is 0 Å². The van der Waals surface area contributed by atoms with Crippen LogP contribution >= 0.6 is 0 Å². The third kappa shape index (κ3) is 5.90. The van der Waals surface area contributed by atoms with E-state index in [9.17, 15) is 10.2 Å². The SMILES string of the molecule is C=CCCCCC[C@H](O[C@@H]1O[C@@H]2CO[C@@H](c3ccccc3)O[C@H]2[C@H](O)[C@H]1O)C(C)C. The molecule has 6 heteroatoms. The molecule has 6 nitrogen and oxygen atoms in total. The monoisotopic (exact) mass is 420 g/mol. The smallest absolute Gasteiger partial charge is 0.186 e. The molecule has 2 N–H and O–H groups in total. The second-order valence-electron chi connectivity index (χ2n) is 8.55. The fourth-order valence-electron chi connectivity index (χ4n) is 4.01. The van der Waals surface area contributed by atoms with Gasteiger partial charge in [0, 0.05) is 5.56 Å². The highest BCUT2D eigenvalue weighted by Crippen LogP contribution is 2.35. The standard InChI is InChI=1S/C24H36O6/c1-4-5-6-7-11-14-18(16(2)3)28-24-21(26)20(25)22-19(29-24)15-27-23(30-22)17-12-9-8-10-13-17/h4,8-10,12-13,16,18-26H,1,5-7,11,14-15H2,2-3H3/t18-,19+,20+,21+,22+,23+,24+/m0/s1. The van der Waals surface area contributed by atoms with E-state index in [4.69, 9.17) is 18.9 Å². The molecule has 2 aliphatic rings. The van der Waals surface area contributed by atoms with Crippen molar-refractivity contribution in [2.75, 3.05) is 6.61 Å². The number of hydrogen-bond acceptors (Lipinski definition) is 6. The molecule has 30 heavy (non-hydrogen) atoms. The Labute approximate surface area is 179 Å². The second kappa shape index (κ2) is 11.4. The number of benzene rings is 1. The summed E-state index contributed by atoms with van der Waals surface area (Å²) in [6, 6.07) is 9.55. The van der Waals surface area contributed by atoms with Crippen LogP contribution in [0, 0.1) is 5.92 Å². The molecule has 0 radical (unpaired) electrons. The molecule has 3 rings (SSSR count). The van der Waals surface area contributed by atoms with Crippen LogP contribution in [0.25, 0.3) is 0 Å². The van der Waals surface area contributed by atoms with E-state index >= 15 is 0 Å². The maximum Gasteiger partial charge on any atom is 0.186 e. The van der Waals surface area contributed by atoms with Gasteiger partial charge in [0.1, 0.15) is 24.4 Å². The van der Waals surface area contributed by atoms with Crippen LogP contribution < -0.4 is 0 Å². The van der Waals surface area contributed by atoms with Crippen LogP contribution in [0.5, 0.6) is 0 Å². The van der Waals surface area contributed by atoms with Gasteiger partial charge < -0.3 is 29.2 Å². The molecule has 0 amide bonds. The summed E-state index contributed by atoms with van der Waals surface area (Å²) >= 11 is 0. The van der Waals surface area contributed by atoms with E-state index in [1.165, 1.54) is 0 Å². The molecule has 1 aromatic rings. The summed E-state index contributed by atoms with van der Waals surface area (Å²) in [4.78, 5) is 0. The molecular formula is C24H36O6. The van der Waals surface area contributed by atoms with E-state index in [1.54, 1.807) is 0 Å². The van der Waals surface area contributed by atoms with E-state index in [2.05, 4.69) is 20.4 Å². The zero-order chi connectivity index (χ0) is 21.5. The fourth-order valence-corrected chi connectivity index (χ4v) is 4.01. The predicted molar refractivity (Wildman–Crippen MR) is 114 cm³/mol. The van der Waals surface area contributed by atoms with Gasteiger partial charge >= 0.3 is 0 Å². The zero-order valence-electron chi connectivity index (χ0n) is 18.1. The van der Waals surface area contributed by atoms with Gasteiger partial charge in [-0.2, -0.15) is 0 Å². The first kappa shape index (κ1) is 23.4. The average Bonchev–Trinajstić information content (AvgIpc) is 2.76. The Kier molecular flexibility index (Phi) is 8.86. The van der Waals surface area contributed by atoms with Crippen molar-refractivity contribution in [1.29, 1.82) is 0 Å². The largest absolute Gasteiger partial charge is 0.387 e. The van der Waals surface area contributed by atoms with E-state index in [-0.39, 0.29) is 18.6 Å². The van der Waals surface area contributed by atoms with Gasteiger partial charge in [0.25, 0.3) is 0 Å². The lowest BCUT2D eigenvalue weighted by Crippen LogP contribution is -2.62. The highest BCUT2D eigenvalue weighted by Gasteiger charge is 2.49. The third-order valence-electron chi connectivity index (χ3n) is 5.85. The number of aliphatic hydroxyl groups is 2. The number of ether oxygens (including phenoxy) is 4. The van der Waals surface area contributed by atoms with Gasteiger partial charge in [-0.15, -0.1) is 6.58 Å². The Morgan fingerprint density at radius 3 is 2.57 bits per heavy atom. The molecule has 7 atom stereocenters. The van der Waals surface area contributed by atoms with E-state index in [0.717, 1.165) is 37.7 Å². The minimum absolute atomic E-state index is 0.0559. The number of rotatable bonds is 10. The molecule has 2 saturated heterocycles. The van der Waals surface area contributed by atoms with Crippen LogP contribution in [0.4, 0.5) is 0 Å². The topological polar surface area (TPSA) is 77.4 Å². The van der Waals surface area contributed by atoms with Gasteiger partial charge in [0.15, 0.2) is 12.6 Å². The molecular weight excluding hydrogens is 384 g/mol. The van der Waals surface area contributed by atoms with Crippen LogP contribution in [-0.2, 0) is 18.9 Å². The van der Waals surface area contributed by atoms with Crippen LogP contribution in [0.15, 0.2) is 43.0 Å². The first-order chi connectivity index (χ1) is 14.5. The Morgan fingerprint density at radius 2 is 1.87 bits per heavy atom. The Hall–Kier alpha value is -1.28. The molecule has 168 valence electrons. The summed E-state index contributed by atoms with van der Waals surface area (Å²) in [5, 5.41) is 21.4. The van der Waals surface area contributed by atoms with Crippen LogP contribution in [-0.4, -0.2) is 53.6 Å². The maximum atomic E-state index is 10.7. The van der Waals surface area contributed by atoms with Crippen molar-refractivity contribution >= 4 is 0 Å². The molecule has 2 fully saturated rings. The number of aliphatic hydroxyl groups excluding tert-OH is 2. The second-order valence-corrected chi connectivity index (χ2v) is 8.55. The van der Waals surface area contributed by atoms with Gasteiger partial charge in [-0.05, 0) is 25.2 Å². The number of allylic oxidation sites excluding steroid dienone is 1. The van der Waals surface area contributed by atoms with Crippen molar-refractivity contribution in [1.82, 2.24) is 0 Å². The summed E-state index contributed by atoms with van der Waals surface area (Å²) in [6.45, 7) is 8.22. The summed E-state index contributed by atoms with van der Waals surface area (Å²) in [6.07, 6.45) is 2.13. The molecule has 0 spiro atoms. The lowest BCUT2D eigenvalue weighted by Gasteiger charge is -2.47. The molecule has 0 aromatic heterocycles. The third-order valence-corrected chi connectivity index (χ3v) is 5.85. The minimum Gasteiger partial charge on any atom is -0.387 e. The highest BCUT2D eigenvalue weighted by atomic mass is 16.8. The van der Waals surface area contributed by atoms with Crippen molar-refractivity contribution < 1.29 is 29.2 Å². The first-order valence-corrected chi connectivity index (χ1v) is 11.1. The molecule has 0 aliphatic carbocycles. The van der Waals surface area contributed by atoms with E-state index in [1.807, 2.05) is 36.4 Å². The lowest BCUT2D eigenvalue weighted by atomic mass is 9.96. The summed E-state index contributed by atoms with van der Waals surface area (Å²) in [5.74, 6) is 0.274. The Morgan fingerprint density at radius 1 is 1.10 bits per heavy atom. The molecule has 0 saturated carbocycles. The summed E-state index contributed by atoms with van der Waals surface area (Å²) < 4.78 is 23.9. The highest BCUT2D eigenvalue weighted by molar-refractivity contribution is 5.16. The minimum atomic E-state index is -1.18. The first-order valence-electron chi connectivity index (χ1n) is 11.1. The van der Waals surface area contributed by atoms with E-state index in [0.29, 0.717) is 0 Å². The quantitative estimate of drug-likeness (QED) is 0.444. The summed E-state index contributed by atoms with van der Waals surface area (Å²) in [7, 11) is 0. The van der Waals surface area contributed by atoms with Crippen LogP contribution in [0.2, 0.25) is 0 Å². The normalized spacial score (nSPS) is 32.6. The van der Waals surface area contributed by atoms with Crippen molar-refractivity contribution in [2.24, 2.45) is 5.92 Å².